The van der Waals surface area contributed by atoms with Crippen molar-refractivity contribution in [2.24, 2.45) is 11.8 Å². The normalized spacial score (nSPS) is 24.7. The molecule has 3 rings (SSSR count). The molecule has 0 aromatic heterocycles. The van der Waals surface area contributed by atoms with Crippen molar-refractivity contribution in [1.82, 2.24) is 0 Å². The number of benzene rings is 1. The fraction of sp³-hybridized carbons (Fsp3) is 0.444. The Morgan fingerprint density at radius 2 is 2.17 bits per heavy atom. The molecule has 1 aliphatic carbocycles. The minimum absolute atomic E-state index is 0.00741. The van der Waals surface area contributed by atoms with Gasteiger partial charge in [-0.15, -0.1) is 0 Å². The Balaban J connectivity index is 1.88. The second-order valence-corrected chi connectivity index (χ2v) is 6.59. The molecule has 0 fully saturated rings. The summed E-state index contributed by atoms with van der Waals surface area (Å²) in [5, 5.41) is 14.4. The van der Waals surface area contributed by atoms with Gasteiger partial charge in [-0.2, -0.15) is 0 Å². The number of carboxylic acids is 1. The molecule has 0 radical (unpaired) electrons. The molecule has 1 N–H and O–H groups in total. The summed E-state index contributed by atoms with van der Waals surface area (Å²) in [5.41, 5.74) is 2.19. The maximum atomic E-state index is 12.1. The first-order chi connectivity index (χ1) is 11.0. The number of nitrogens with one attached hydrogen (secondary N) is 1. The first kappa shape index (κ1) is 15.6. The highest BCUT2D eigenvalue weighted by Gasteiger charge is 2.38. The lowest BCUT2D eigenvalue weighted by Crippen LogP contribution is -2.48. The third-order valence-electron chi connectivity index (χ3n) is 4.40. The average Bonchev–Trinajstić information content (AvgIpc) is 3.00. The van der Waals surface area contributed by atoms with Gasteiger partial charge in [0, 0.05) is 11.6 Å². The number of hydrogen-bond donors (Lipinski definition) is 1. The van der Waals surface area contributed by atoms with Crippen LogP contribution in [-0.4, -0.2) is 24.6 Å². The Bertz CT molecular complexity index is 665. The Morgan fingerprint density at radius 3 is 2.87 bits per heavy atom. The van der Waals surface area contributed by atoms with E-state index in [1.807, 2.05) is 32.1 Å². The van der Waals surface area contributed by atoms with Crippen molar-refractivity contribution >= 4 is 17.6 Å². The molecule has 0 saturated heterocycles. The van der Waals surface area contributed by atoms with Crippen LogP contribution in [0.25, 0.3) is 0 Å². The lowest BCUT2D eigenvalue weighted by atomic mass is 9.79. The zero-order valence-electron chi connectivity index (χ0n) is 13.2. The molecule has 0 saturated carbocycles. The van der Waals surface area contributed by atoms with Crippen LogP contribution in [0.1, 0.15) is 42.1 Å². The monoisotopic (exact) mass is 314 g/mol. The lowest BCUT2D eigenvalue weighted by molar-refractivity contribution is -0.308. The van der Waals surface area contributed by atoms with E-state index in [1.165, 1.54) is 0 Å². The highest BCUT2D eigenvalue weighted by atomic mass is 16.5. The minimum atomic E-state index is -1.09. The van der Waals surface area contributed by atoms with Crippen molar-refractivity contribution in [3.8, 4) is 0 Å². The van der Waals surface area contributed by atoms with Gasteiger partial charge >= 0.3 is 5.97 Å². The molecule has 1 aromatic rings. The van der Waals surface area contributed by atoms with Crippen LogP contribution >= 0.6 is 0 Å². The van der Waals surface area contributed by atoms with Crippen molar-refractivity contribution in [2.45, 2.75) is 32.2 Å². The summed E-state index contributed by atoms with van der Waals surface area (Å²) < 4.78 is 5.27. The number of carboxylic acid groups (broad SMARTS) is 1. The van der Waals surface area contributed by atoms with Gasteiger partial charge in [-0.3, -0.25) is 0 Å². The van der Waals surface area contributed by atoms with Crippen molar-refractivity contribution in [1.29, 1.82) is 0 Å². The Morgan fingerprint density at radius 1 is 1.39 bits per heavy atom. The summed E-state index contributed by atoms with van der Waals surface area (Å²) in [6, 6.07) is 4.52. The highest BCUT2D eigenvalue weighted by Crippen LogP contribution is 2.44. The summed E-state index contributed by atoms with van der Waals surface area (Å²) >= 11 is 0. The third-order valence-corrected chi connectivity index (χ3v) is 4.40. The molecule has 3 atom stereocenters. The van der Waals surface area contributed by atoms with Gasteiger partial charge in [0.2, 0.25) is 0 Å². The maximum Gasteiger partial charge on any atom is 0.338 e. The van der Waals surface area contributed by atoms with Gasteiger partial charge in [0.15, 0.2) is 0 Å². The van der Waals surface area contributed by atoms with E-state index in [-0.39, 0.29) is 23.7 Å². The van der Waals surface area contributed by atoms with Crippen LogP contribution in [0.15, 0.2) is 30.4 Å². The molecular weight excluding hydrogens is 294 g/mol. The minimum Gasteiger partial charge on any atom is -0.548 e. The molecule has 23 heavy (non-hydrogen) atoms. The molecule has 0 bridgehead atoms. The lowest BCUT2D eigenvalue weighted by Gasteiger charge is -2.37. The highest BCUT2D eigenvalue weighted by molar-refractivity contribution is 5.91. The van der Waals surface area contributed by atoms with Gasteiger partial charge in [0.25, 0.3) is 0 Å². The largest absolute Gasteiger partial charge is 0.548 e. The summed E-state index contributed by atoms with van der Waals surface area (Å²) in [6.45, 7) is 4.35. The Hall–Kier alpha value is -2.30. The molecule has 1 aliphatic heterocycles. The van der Waals surface area contributed by atoms with E-state index in [0.29, 0.717) is 18.6 Å². The first-order valence-electron chi connectivity index (χ1n) is 7.92. The number of carbonyl (C=O) groups excluding carboxylic acids is 2. The summed E-state index contributed by atoms with van der Waals surface area (Å²) in [4.78, 5) is 23.5. The summed E-state index contributed by atoms with van der Waals surface area (Å²) in [6.07, 6.45) is 4.70. The number of ether oxygens (including phenoxy) is 1. The number of carbonyl (C=O) groups is 2. The average molecular weight is 314 g/mol. The van der Waals surface area contributed by atoms with Crippen molar-refractivity contribution in [3.63, 3.8) is 0 Å². The number of aliphatic carboxylic acids is 1. The summed E-state index contributed by atoms with van der Waals surface area (Å²) in [7, 11) is 0. The van der Waals surface area contributed by atoms with Crippen LogP contribution in [0, 0.1) is 11.8 Å². The smallest absolute Gasteiger partial charge is 0.338 e. The van der Waals surface area contributed by atoms with E-state index in [4.69, 9.17) is 4.74 Å². The van der Waals surface area contributed by atoms with Gasteiger partial charge < -0.3 is 20.0 Å². The number of fused-ring (bicyclic) bond motifs is 3. The van der Waals surface area contributed by atoms with E-state index in [2.05, 4.69) is 5.32 Å². The van der Waals surface area contributed by atoms with E-state index < -0.39 is 12.0 Å². The van der Waals surface area contributed by atoms with Gasteiger partial charge in [-0.25, -0.2) is 4.79 Å². The van der Waals surface area contributed by atoms with Crippen molar-refractivity contribution in [3.05, 3.63) is 41.5 Å². The molecule has 1 heterocycles. The Labute approximate surface area is 135 Å². The predicted octanol–water partition coefficient (Wildman–Crippen LogP) is 1.70. The maximum absolute atomic E-state index is 12.1. The van der Waals surface area contributed by atoms with E-state index in [0.717, 1.165) is 11.3 Å². The van der Waals surface area contributed by atoms with Crippen LogP contribution in [0.5, 0.6) is 0 Å². The zero-order chi connectivity index (χ0) is 16.6. The van der Waals surface area contributed by atoms with Crippen LogP contribution < -0.4 is 10.4 Å². The van der Waals surface area contributed by atoms with Gasteiger partial charge in [0.05, 0.1) is 24.2 Å². The predicted molar refractivity (Wildman–Crippen MR) is 84.0 cm³/mol. The van der Waals surface area contributed by atoms with Crippen LogP contribution in [0.3, 0.4) is 0 Å². The van der Waals surface area contributed by atoms with Crippen LogP contribution in [0.4, 0.5) is 5.69 Å². The number of rotatable bonds is 4. The van der Waals surface area contributed by atoms with Crippen molar-refractivity contribution in [2.75, 3.05) is 11.9 Å². The standard InChI is InChI=1S/C18H21NO4/c1-10(2)9-23-18(22)11-6-7-15-14(8-11)12-4-3-5-13(12)16(19-15)17(20)21/h3-4,6-8,10,12-13,16,19H,5,9H2,1-2H3,(H,20,21)/p-1/t12-,13+,16-/m1/s1. The molecule has 122 valence electrons. The van der Waals surface area contributed by atoms with Crippen molar-refractivity contribution < 1.29 is 19.4 Å². The Kier molecular flexibility index (Phi) is 4.11. The van der Waals surface area contributed by atoms with Gasteiger partial charge in [-0.1, -0.05) is 26.0 Å². The van der Waals surface area contributed by atoms with E-state index >= 15 is 0 Å². The first-order valence-corrected chi connectivity index (χ1v) is 7.92. The molecular formula is C18H20NO4-. The topological polar surface area (TPSA) is 78.5 Å². The fourth-order valence-electron chi connectivity index (χ4n) is 3.28. The summed E-state index contributed by atoms with van der Waals surface area (Å²) in [5.74, 6) is -1.23. The molecule has 0 spiro atoms. The van der Waals surface area contributed by atoms with Crippen LogP contribution in [-0.2, 0) is 9.53 Å². The quantitative estimate of drug-likeness (QED) is 0.676. The van der Waals surface area contributed by atoms with E-state index in [9.17, 15) is 14.7 Å². The third kappa shape index (κ3) is 2.96. The van der Waals surface area contributed by atoms with Gasteiger partial charge in [-0.05, 0) is 42.0 Å². The molecule has 5 nitrogen and oxygen atoms in total. The number of hydrogen-bond acceptors (Lipinski definition) is 5. The second-order valence-electron chi connectivity index (χ2n) is 6.59. The molecule has 1 aromatic carbocycles. The molecule has 2 aliphatic rings. The number of anilines is 1. The second kappa shape index (κ2) is 6.07. The molecule has 0 amide bonds. The van der Waals surface area contributed by atoms with Crippen LogP contribution in [0.2, 0.25) is 0 Å². The number of esters is 1. The zero-order valence-corrected chi connectivity index (χ0v) is 13.2. The fourth-order valence-corrected chi connectivity index (χ4v) is 3.28. The van der Waals surface area contributed by atoms with Gasteiger partial charge in [0.1, 0.15) is 0 Å². The molecule has 5 heteroatoms. The van der Waals surface area contributed by atoms with E-state index in [1.54, 1.807) is 12.1 Å². The molecule has 0 unspecified atom stereocenters. The SMILES string of the molecule is CC(C)COC(=O)c1ccc2c(c1)[C@@H]1C=CC[C@@H]1[C@H](C(=O)[O-])N2. The number of allylic oxidation sites excluding steroid dienone is 2.